The van der Waals surface area contributed by atoms with Gasteiger partial charge < -0.3 is 10.2 Å². The van der Waals surface area contributed by atoms with E-state index in [-0.39, 0.29) is 18.5 Å². The van der Waals surface area contributed by atoms with Gasteiger partial charge in [0.25, 0.3) is 0 Å². The second-order valence-electron chi connectivity index (χ2n) is 9.23. The van der Waals surface area contributed by atoms with Crippen LogP contribution in [0.25, 0.3) is 10.8 Å². The number of hydrogen-bond donors (Lipinski definition) is 1. The molecule has 0 aliphatic heterocycles. The zero-order chi connectivity index (χ0) is 28.0. The summed E-state index contributed by atoms with van der Waals surface area (Å²) in [6.45, 7) is 5.08. The summed E-state index contributed by atoms with van der Waals surface area (Å²) in [6, 6.07) is 16.7. The van der Waals surface area contributed by atoms with E-state index in [0.29, 0.717) is 33.1 Å². The van der Waals surface area contributed by atoms with Crippen LogP contribution in [-0.2, 0) is 26.2 Å². The van der Waals surface area contributed by atoms with Gasteiger partial charge in [0.2, 0.25) is 21.8 Å². The molecule has 0 fully saturated rings. The third-order valence-electron chi connectivity index (χ3n) is 6.49. The van der Waals surface area contributed by atoms with Gasteiger partial charge >= 0.3 is 0 Å². The van der Waals surface area contributed by atoms with E-state index in [1.165, 1.54) is 4.90 Å². The van der Waals surface area contributed by atoms with E-state index in [4.69, 9.17) is 23.2 Å². The number of halogens is 2. The molecular weight excluding hydrogens is 545 g/mol. The summed E-state index contributed by atoms with van der Waals surface area (Å²) in [5.74, 6) is -0.875. The van der Waals surface area contributed by atoms with Crippen LogP contribution in [-0.4, -0.2) is 50.0 Å². The lowest BCUT2D eigenvalue weighted by molar-refractivity contribution is -0.140. The number of amides is 2. The highest BCUT2D eigenvalue weighted by Gasteiger charge is 2.33. The summed E-state index contributed by atoms with van der Waals surface area (Å²) < 4.78 is 27.1. The van der Waals surface area contributed by atoms with E-state index in [0.717, 1.165) is 22.4 Å². The van der Waals surface area contributed by atoms with Gasteiger partial charge in [0.15, 0.2) is 0 Å². The highest BCUT2D eigenvalue weighted by atomic mass is 35.5. The normalized spacial score (nSPS) is 13.1. The molecule has 0 radical (unpaired) electrons. The van der Waals surface area contributed by atoms with E-state index in [1.807, 2.05) is 44.2 Å². The highest BCUT2D eigenvalue weighted by Crippen LogP contribution is 2.30. The van der Waals surface area contributed by atoms with Crippen LogP contribution in [0.3, 0.4) is 0 Å². The zero-order valence-corrected chi connectivity index (χ0v) is 24.3. The highest BCUT2D eigenvalue weighted by molar-refractivity contribution is 7.92. The molecule has 2 atom stereocenters. The van der Waals surface area contributed by atoms with Gasteiger partial charge in [-0.1, -0.05) is 79.5 Å². The van der Waals surface area contributed by atoms with Crippen molar-refractivity contribution in [2.75, 3.05) is 17.1 Å². The van der Waals surface area contributed by atoms with Gasteiger partial charge in [-0.05, 0) is 43.4 Å². The number of fused-ring (bicyclic) bond motifs is 1. The molecule has 0 unspecified atom stereocenters. The maximum absolute atomic E-state index is 14.0. The van der Waals surface area contributed by atoms with Crippen molar-refractivity contribution in [2.45, 2.75) is 52.2 Å². The lowest BCUT2D eigenvalue weighted by atomic mass is 10.1. The van der Waals surface area contributed by atoms with Crippen LogP contribution in [0.5, 0.6) is 0 Å². The van der Waals surface area contributed by atoms with Crippen LogP contribution in [0, 0.1) is 0 Å². The Bertz CT molecular complexity index is 1390. The molecular formula is C28H33Cl2N3O4S. The molecule has 0 aromatic heterocycles. The monoisotopic (exact) mass is 577 g/mol. The SMILES string of the molecule is CC[C@@H](C)NC(=O)[C@H](CC)N(Cc1c(Cl)cccc1Cl)C(=O)CN(c1cccc2ccccc12)S(C)(=O)=O. The number of sulfonamides is 1. The number of nitrogens with zero attached hydrogens (tertiary/aromatic N) is 2. The Hall–Kier alpha value is -2.81. The Labute approximate surface area is 234 Å². The first-order valence-corrected chi connectivity index (χ1v) is 15.1. The van der Waals surface area contributed by atoms with Crippen molar-refractivity contribution in [3.8, 4) is 0 Å². The molecule has 7 nitrogen and oxygen atoms in total. The van der Waals surface area contributed by atoms with Crippen LogP contribution >= 0.6 is 23.2 Å². The molecule has 0 spiro atoms. The van der Waals surface area contributed by atoms with Crippen molar-refractivity contribution in [1.82, 2.24) is 10.2 Å². The molecule has 0 aliphatic rings. The summed E-state index contributed by atoms with van der Waals surface area (Å²) in [6.07, 6.45) is 2.09. The fourth-order valence-electron chi connectivity index (χ4n) is 4.23. The molecule has 10 heteroatoms. The average Bonchev–Trinajstić information content (AvgIpc) is 2.87. The number of anilines is 1. The first-order chi connectivity index (χ1) is 18.0. The lowest BCUT2D eigenvalue weighted by Crippen LogP contribution is -2.53. The van der Waals surface area contributed by atoms with Crippen molar-refractivity contribution in [3.63, 3.8) is 0 Å². The third-order valence-corrected chi connectivity index (χ3v) is 8.33. The van der Waals surface area contributed by atoms with E-state index < -0.39 is 28.5 Å². The number of hydrogen-bond acceptors (Lipinski definition) is 4. The Kier molecular flexibility index (Phi) is 10.0. The molecule has 3 rings (SSSR count). The fourth-order valence-corrected chi connectivity index (χ4v) is 5.61. The maximum Gasteiger partial charge on any atom is 0.244 e. The molecule has 2 amide bonds. The van der Waals surface area contributed by atoms with Gasteiger partial charge in [-0.2, -0.15) is 0 Å². The van der Waals surface area contributed by atoms with Crippen LogP contribution < -0.4 is 9.62 Å². The average molecular weight is 579 g/mol. The first-order valence-electron chi connectivity index (χ1n) is 12.5. The van der Waals surface area contributed by atoms with Gasteiger partial charge in [0.05, 0.1) is 11.9 Å². The van der Waals surface area contributed by atoms with Gasteiger partial charge in [-0.15, -0.1) is 0 Å². The molecule has 0 heterocycles. The van der Waals surface area contributed by atoms with Crippen molar-refractivity contribution in [2.24, 2.45) is 0 Å². The molecule has 0 saturated carbocycles. The van der Waals surface area contributed by atoms with Crippen LogP contribution in [0.1, 0.15) is 39.2 Å². The molecule has 38 heavy (non-hydrogen) atoms. The van der Waals surface area contributed by atoms with Crippen molar-refractivity contribution >= 4 is 61.5 Å². The molecule has 0 bridgehead atoms. The second-order valence-corrected chi connectivity index (χ2v) is 12.0. The molecule has 3 aromatic rings. The summed E-state index contributed by atoms with van der Waals surface area (Å²) >= 11 is 12.8. The topological polar surface area (TPSA) is 86.8 Å². The minimum absolute atomic E-state index is 0.0586. The number of nitrogens with one attached hydrogen (secondary N) is 1. The lowest BCUT2D eigenvalue weighted by Gasteiger charge is -2.34. The van der Waals surface area contributed by atoms with E-state index in [2.05, 4.69) is 5.32 Å². The van der Waals surface area contributed by atoms with Gasteiger partial charge in [-0.3, -0.25) is 13.9 Å². The van der Waals surface area contributed by atoms with Crippen molar-refractivity contribution in [1.29, 1.82) is 0 Å². The predicted molar refractivity (Wildman–Crippen MR) is 155 cm³/mol. The van der Waals surface area contributed by atoms with E-state index in [1.54, 1.807) is 37.3 Å². The number of carbonyl (C=O) groups is 2. The molecule has 0 saturated heterocycles. The summed E-state index contributed by atoms with van der Waals surface area (Å²) in [7, 11) is -3.87. The molecule has 3 aromatic carbocycles. The minimum atomic E-state index is -3.87. The zero-order valence-electron chi connectivity index (χ0n) is 21.9. The van der Waals surface area contributed by atoms with Crippen LogP contribution in [0.4, 0.5) is 5.69 Å². The Morgan fingerprint density at radius 1 is 0.921 bits per heavy atom. The van der Waals surface area contributed by atoms with Crippen molar-refractivity contribution in [3.05, 3.63) is 76.3 Å². The smallest absolute Gasteiger partial charge is 0.244 e. The fraction of sp³-hybridized carbons (Fsp3) is 0.357. The summed E-state index contributed by atoms with van der Waals surface area (Å²) in [5.41, 5.74) is 0.863. The summed E-state index contributed by atoms with van der Waals surface area (Å²) in [5, 5.41) is 5.17. The Balaban J connectivity index is 2.07. The maximum atomic E-state index is 14.0. The predicted octanol–water partition coefficient (Wildman–Crippen LogP) is 5.63. The van der Waals surface area contributed by atoms with Gasteiger partial charge in [0, 0.05) is 33.6 Å². The summed E-state index contributed by atoms with van der Waals surface area (Å²) in [4.78, 5) is 28.6. The van der Waals surface area contributed by atoms with Crippen LogP contribution in [0.2, 0.25) is 10.0 Å². The molecule has 1 N–H and O–H groups in total. The number of rotatable bonds is 11. The number of benzene rings is 3. The Morgan fingerprint density at radius 3 is 2.13 bits per heavy atom. The number of carbonyl (C=O) groups excluding carboxylic acids is 2. The largest absolute Gasteiger partial charge is 0.352 e. The van der Waals surface area contributed by atoms with Crippen LogP contribution in [0.15, 0.2) is 60.7 Å². The van der Waals surface area contributed by atoms with Gasteiger partial charge in [0.1, 0.15) is 12.6 Å². The van der Waals surface area contributed by atoms with E-state index in [9.17, 15) is 18.0 Å². The van der Waals surface area contributed by atoms with Crippen molar-refractivity contribution < 1.29 is 18.0 Å². The second kappa shape index (κ2) is 12.8. The third kappa shape index (κ3) is 6.98. The molecule has 0 aliphatic carbocycles. The van der Waals surface area contributed by atoms with Gasteiger partial charge in [-0.25, -0.2) is 8.42 Å². The first kappa shape index (κ1) is 29.7. The molecule has 204 valence electrons. The minimum Gasteiger partial charge on any atom is -0.352 e. The standard InChI is InChI=1S/C28H33Cl2N3O4S/c1-5-19(3)31-28(35)25(6-2)32(17-22-23(29)14-10-15-24(22)30)27(34)18-33(38(4,36)37)26-16-9-12-20-11-7-8-13-21(20)26/h7-16,19,25H,5-6,17-18H2,1-4H3,(H,31,35)/t19-,25+/m1/s1. The quantitative estimate of drug-likeness (QED) is 0.319. The Morgan fingerprint density at radius 2 is 1.53 bits per heavy atom. The van der Waals surface area contributed by atoms with E-state index >= 15 is 0 Å².